The summed E-state index contributed by atoms with van der Waals surface area (Å²) in [5.74, 6) is 0.218. The summed E-state index contributed by atoms with van der Waals surface area (Å²) in [4.78, 5) is 19.1. The van der Waals surface area contributed by atoms with Crippen molar-refractivity contribution in [3.8, 4) is 0 Å². The van der Waals surface area contributed by atoms with Crippen LogP contribution in [0, 0.1) is 6.92 Å². The van der Waals surface area contributed by atoms with Crippen molar-refractivity contribution in [2.45, 2.75) is 19.9 Å². The largest absolute Gasteiger partial charge is 0.369 e. The SMILES string of the molecule is Cc1cccc(N2CCN(CCC(=O)N(C)Cc3ccccc3)CC2)c1. The van der Waals surface area contributed by atoms with Gasteiger partial charge in [-0.15, -0.1) is 0 Å². The molecule has 0 spiro atoms. The monoisotopic (exact) mass is 351 g/mol. The predicted octanol–water partition coefficient (Wildman–Crippen LogP) is 3.17. The zero-order valence-corrected chi connectivity index (χ0v) is 15.9. The Morgan fingerprint density at radius 2 is 1.73 bits per heavy atom. The quantitative estimate of drug-likeness (QED) is 0.800. The Morgan fingerprint density at radius 1 is 1.00 bits per heavy atom. The number of hydrogen-bond acceptors (Lipinski definition) is 3. The Bertz CT molecular complexity index is 708. The van der Waals surface area contributed by atoms with Crippen LogP contribution in [0.4, 0.5) is 5.69 Å². The highest BCUT2D eigenvalue weighted by molar-refractivity contribution is 5.76. The summed E-state index contributed by atoms with van der Waals surface area (Å²) in [5.41, 5.74) is 3.79. The molecule has 1 aliphatic rings. The number of carbonyl (C=O) groups is 1. The second kappa shape index (κ2) is 8.86. The molecule has 2 aromatic rings. The first kappa shape index (κ1) is 18.5. The lowest BCUT2D eigenvalue weighted by Crippen LogP contribution is -2.47. The molecule has 1 heterocycles. The highest BCUT2D eigenvalue weighted by atomic mass is 16.2. The molecule has 0 radical (unpaired) electrons. The van der Waals surface area contributed by atoms with Gasteiger partial charge in [0.25, 0.3) is 0 Å². The Labute approximate surface area is 157 Å². The molecule has 0 bridgehead atoms. The maximum Gasteiger partial charge on any atom is 0.223 e. The van der Waals surface area contributed by atoms with Gasteiger partial charge in [0, 0.05) is 58.4 Å². The van der Waals surface area contributed by atoms with Crippen molar-refractivity contribution in [3.05, 3.63) is 65.7 Å². The minimum absolute atomic E-state index is 0.218. The first-order valence-corrected chi connectivity index (χ1v) is 9.44. The van der Waals surface area contributed by atoms with E-state index >= 15 is 0 Å². The van der Waals surface area contributed by atoms with Gasteiger partial charge in [0.15, 0.2) is 0 Å². The number of carbonyl (C=O) groups excluding carboxylic acids is 1. The maximum atomic E-state index is 12.4. The summed E-state index contributed by atoms with van der Waals surface area (Å²) in [6.45, 7) is 7.75. The van der Waals surface area contributed by atoms with E-state index in [0.29, 0.717) is 13.0 Å². The third-order valence-corrected chi connectivity index (χ3v) is 5.07. The number of rotatable bonds is 6. The molecule has 1 fully saturated rings. The molecule has 3 rings (SSSR count). The summed E-state index contributed by atoms with van der Waals surface area (Å²) in [6, 6.07) is 18.9. The molecule has 1 aliphatic heterocycles. The lowest BCUT2D eigenvalue weighted by atomic mass is 10.2. The zero-order chi connectivity index (χ0) is 18.4. The first-order valence-electron chi connectivity index (χ1n) is 9.44. The lowest BCUT2D eigenvalue weighted by Gasteiger charge is -2.36. The molecule has 138 valence electrons. The molecule has 2 aromatic carbocycles. The molecule has 1 amide bonds. The third kappa shape index (κ3) is 5.09. The summed E-state index contributed by atoms with van der Waals surface area (Å²) < 4.78 is 0. The average molecular weight is 351 g/mol. The van der Waals surface area contributed by atoms with Crippen LogP contribution in [0.2, 0.25) is 0 Å². The van der Waals surface area contributed by atoms with Gasteiger partial charge in [0.05, 0.1) is 0 Å². The number of hydrogen-bond donors (Lipinski definition) is 0. The minimum atomic E-state index is 0.218. The number of aryl methyl sites for hydroxylation is 1. The molecule has 1 saturated heterocycles. The van der Waals surface area contributed by atoms with Gasteiger partial charge in [0.1, 0.15) is 0 Å². The van der Waals surface area contributed by atoms with E-state index in [2.05, 4.69) is 53.1 Å². The van der Waals surface area contributed by atoms with Crippen LogP contribution in [0.25, 0.3) is 0 Å². The molecule has 0 aliphatic carbocycles. The van der Waals surface area contributed by atoms with Crippen LogP contribution in [0.3, 0.4) is 0 Å². The molecular weight excluding hydrogens is 322 g/mol. The first-order chi connectivity index (χ1) is 12.6. The van der Waals surface area contributed by atoms with Crippen LogP contribution < -0.4 is 4.90 Å². The van der Waals surface area contributed by atoms with Crippen LogP contribution in [0.1, 0.15) is 17.5 Å². The smallest absolute Gasteiger partial charge is 0.223 e. The summed E-state index contributed by atoms with van der Waals surface area (Å²) in [5, 5.41) is 0. The van der Waals surface area contributed by atoms with Crippen LogP contribution >= 0.6 is 0 Å². The van der Waals surface area contributed by atoms with E-state index in [4.69, 9.17) is 0 Å². The Balaban J connectivity index is 1.41. The van der Waals surface area contributed by atoms with Gasteiger partial charge in [-0.25, -0.2) is 0 Å². The Morgan fingerprint density at radius 3 is 2.42 bits per heavy atom. The Kier molecular flexibility index (Phi) is 6.29. The number of benzene rings is 2. The summed E-state index contributed by atoms with van der Waals surface area (Å²) in [6.07, 6.45) is 0.591. The number of amides is 1. The minimum Gasteiger partial charge on any atom is -0.369 e. The van der Waals surface area contributed by atoms with Crippen molar-refractivity contribution in [1.82, 2.24) is 9.80 Å². The van der Waals surface area contributed by atoms with Crippen molar-refractivity contribution < 1.29 is 4.79 Å². The molecule has 0 N–H and O–H groups in total. The zero-order valence-electron chi connectivity index (χ0n) is 15.9. The fourth-order valence-electron chi connectivity index (χ4n) is 3.44. The molecule has 0 unspecified atom stereocenters. The van der Waals surface area contributed by atoms with Gasteiger partial charge in [-0.1, -0.05) is 42.5 Å². The second-order valence-corrected chi connectivity index (χ2v) is 7.15. The van der Waals surface area contributed by atoms with Crippen LogP contribution in [-0.2, 0) is 11.3 Å². The van der Waals surface area contributed by atoms with E-state index < -0.39 is 0 Å². The highest BCUT2D eigenvalue weighted by Gasteiger charge is 2.18. The van der Waals surface area contributed by atoms with Crippen molar-refractivity contribution in [2.24, 2.45) is 0 Å². The van der Waals surface area contributed by atoms with E-state index in [1.165, 1.54) is 16.8 Å². The van der Waals surface area contributed by atoms with Crippen LogP contribution in [0.15, 0.2) is 54.6 Å². The van der Waals surface area contributed by atoms with E-state index in [9.17, 15) is 4.79 Å². The van der Waals surface area contributed by atoms with Gasteiger partial charge in [0.2, 0.25) is 5.91 Å². The highest BCUT2D eigenvalue weighted by Crippen LogP contribution is 2.18. The van der Waals surface area contributed by atoms with E-state index in [1.54, 1.807) is 0 Å². The van der Waals surface area contributed by atoms with E-state index in [-0.39, 0.29) is 5.91 Å². The summed E-state index contributed by atoms with van der Waals surface area (Å²) >= 11 is 0. The number of anilines is 1. The van der Waals surface area contributed by atoms with Crippen molar-refractivity contribution in [1.29, 1.82) is 0 Å². The third-order valence-electron chi connectivity index (χ3n) is 5.07. The van der Waals surface area contributed by atoms with Crippen LogP contribution in [0.5, 0.6) is 0 Å². The van der Waals surface area contributed by atoms with Gasteiger partial charge >= 0.3 is 0 Å². The lowest BCUT2D eigenvalue weighted by molar-refractivity contribution is -0.130. The predicted molar refractivity (Wildman–Crippen MR) is 107 cm³/mol. The van der Waals surface area contributed by atoms with Gasteiger partial charge in [-0.3, -0.25) is 9.69 Å². The van der Waals surface area contributed by atoms with Gasteiger partial charge in [-0.05, 0) is 30.2 Å². The van der Waals surface area contributed by atoms with E-state index in [0.717, 1.165) is 32.7 Å². The van der Waals surface area contributed by atoms with Crippen molar-refractivity contribution >= 4 is 11.6 Å². The standard InChI is InChI=1S/C22H29N3O/c1-19-7-6-10-21(17-19)25-15-13-24(14-16-25)12-11-22(26)23(2)18-20-8-4-3-5-9-20/h3-10,17H,11-16,18H2,1-2H3. The topological polar surface area (TPSA) is 26.8 Å². The molecular formula is C22H29N3O. The molecule has 0 atom stereocenters. The second-order valence-electron chi connectivity index (χ2n) is 7.15. The molecule has 0 saturated carbocycles. The molecule has 0 aromatic heterocycles. The number of nitrogens with zero attached hydrogens (tertiary/aromatic N) is 3. The number of piperazine rings is 1. The average Bonchev–Trinajstić information content (AvgIpc) is 2.67. The fraction of sp³-hybridized carbons (Fsp3) is 0.409. The van der Waals surface area contributed by atoms with Crippen molar-refractivity contribution in [3.63, 3.8) is 0 Å². The van der Waals surface area contributed by atoms with Gasteiger partial charge < -0.3 is 9.80 Å². The Hall–Kier alpha value is -2.33. The molecule has 4 heteroatoms. The van der Waals surface area contributed by atoms with Crippen molar-refractivity contribution in [2.75, 3.05) is 44.7 Å². The molecule has 26 heavy (non-hydrogen) atoms. The fourth-order valence-corrected chi connectivity index (χ4v) is 3.44. The summed E-state index contributed by atoms with van der Waals surface area (Å²) in [7, 11) is 1.89. The molecule has 4 nitrogen and oxygen atoms in total. The van der Waals surface area contributed by atoms with E-state index in [1.807, 2.05) is 30.1 Å². The maximum absolute atomic E-state index is 12.4. The van der Waals surface area contributed by atoms with Gasteiger partial charge in [-0.2, -0.15) is 0 Å². The normalized spacial score (nSPS) is 15.1. The van der Waals surface area contributed by atoms with Crippen LogP contribution in [-0.4, -0.2) is 55.5 Å².